The molecule has 15 heteroatoms. The van der Waals surface area contributed by atoms with Crippen LogP contribution in [0.4, 0.5) is 52.7 Å². The number of hydrogen-bond acceptors (Lipinski definition) is 3. The number of unbranched alkanes of at least 4 members (excludes halogenated alkanes) is 5. The van der Waals surface area contributed by atoms with Gasteiger partial charge in [0.2, 0.25) is 0 Å². The van der Waals surface area contributed by atoms with E-state index in [4.69, 9.17) is 4.74 Å². The first-order valence-electron chi connectivity index (χ1n) is 16.1. The second-order valence-corrected chi connectivity index (χ2v) is 12.2. The summed E-state index contributed by atoms with van der Waals surface area (Å²) < 4.78 is 186. The Bertz CT molecular complexity index is 1560. The maximum absolute atomic E-state index is 14.9. The highest BCUT2D eigenvalue weighted by Gasteiger charge is 2.44. The lowest BCUT2D eigenvalue weighted by molar-refractivity contribution is -0.278. The van der Waals surface area contributed by atoms with Gasteiger partial charge in [-0.15, -0.1) is 0 Å². The Kier molecular flexibility index (Phi) is 12.7. The molecule has 3 nitrogen and oxygen atoms in total. The molecule has 0 amide bonds. The van der Waals surface area contributed by atoms with Crippen LogP contribution in [-0.2, 0) is 23.1 Å². The van der Waals surface area contributed by atoms with E-state index >= 15 is 0 Å². The van der Waals surface area contributed by atoms with E-state index in [9.17, 15) is 52.7 Å². The molecule has 0 aliphatic heterocycles. The number of hydrogen-bond donors (Lipinski definition) is 0. The Labute approximate surface area is 280 Å². The van der Waals surface area contributed by atoms with Gasteiger partial charge in [-0.2, -0.15) is 26.3 Å². The molecule has 3 aromatic rings. The van der Waals surface area contributed by atoms with Crippen molar-refractivity contribution >= 4 is 0 Å². The molecule has 1 saturated carbocycles. The Hall–Kier alpha value is -3.62. The fraction of sp³-hybridized carbons (Fsp3) is 0.486. The van der Waals surface area contributed by atoms with Crippen molar-refractivity contribution in [3.8, 4) is 11.5 Å². The zero-order valence-electron chi connectivity index (χ0n) is 26.7. The molecule has 0 saturated heterocycles. The van der Waals surface area contributed by atoms with Gasteiger partial charge in [0, 0.05) is 24.3 Å². The molecule has 0 radical (unpaired) electrons. The number of rotatable bonds is 16. The largest absolute Gasteiger partial charge is 0.432 e. The first-order chi connectivity index (χ1) is 23.4. The Morgan fingerprint density at radius 3 is 1.66 bits per heavy atom. The van der Waals surface area contributed by atoms with E-state index in [2.05, 4.69) is 16.4 Å². The van der Waals surface area contributed by atoms with Gasteiger partial charge in [0.1, 0.15) is 34.5 Å². The summed E-state index contributed by atoms with van der Waals surface area (Å²) in [5, 5.41) is 0. The summed E-state index contributed by atoms with van der Waals surface area (Å²) in [4.78, 5) is 0. The van der Waals surface area contributed by atoms with Gasteiger partial charge >= 0.3 is 18.3 Å². The first kappa shape index (κ1) is 39.2. The highest BCUT2D eigenvalue weighted by atomic mass is 19.3. The molecule has 0 heterocycles. The molecule has 1 fully saturated rings. The topological polar surface area (TPSA) is 27.7 Å². The summed E-state index contributed by atoms with van der Waals surface area (Å²) in [5.74, 6) is -14.8. The fourth-order valence-corrected chi connectivity index (χ4v) is 5.84. The zero-order valence-corrected chi connectivity index (χ0v) is 26.7. The Balaban J connectivity index is 1.39. The highest BCUT2D eigenvalue weighted by molar-refractivity contribution is 5.35. The summed E-state index contributed by atoms with van der Waals surface area (Å²) in [7, 11) is 0. The lowest BCUT2D eigenvalue weighted by Gasteiger charge is -2.31. The molecular weight excluding hydrogens is 696 g/mol. The maximum Gasteiger partial charge on any atom is 0.432 e. The molecular formula is C35H34F12O3. The van der Waals surface area contributed by atoms with Crippen LogP contribution in [0.5, 0.6) is 11.5 Å². The number of alkyl halides is 6. The molecule has 4 rings (SSSR count). The van der Waals surface area contributed by atoms with E-state index in [-0.39, 0.29) is 36.4 Å². The third-order valence-electron chi connectivity index (χ3n) is 8.45. The summed E-state index contributed by atoms with van der Waals surface area (Å²) in [6.07, 6.45) is -4.80. The lowest BCUT2D eigenvalue weighted by Crippen LogP contribution is -2.30. The molecule has 0 bridgehead atoms. The molecule has 0 N–H and O–H groups in total. The predicted molar refractivity (Wildman–Crippen MR) is 157 cm³/mol. The predicted octanol–water partition coefficient (Wildman–Crippen LogP) is 12.2. The van der Waals surface area contributed by atoms with Crippen LogP contribution < -0.4 is 9.47 Å². The monoisotopic (exact) mass is 730 g/mol. The Morgan fingerprint density at radius 1 is 0.580 bits per heavy atom. The van der Waals surface area contributed by atoms with Gasteiger partial charge in [0.25, 0.3) is 0 Å². The molecule has 0 atom stereocenters. The minimum Gasteiger partial charge on any atom is -0.429 e. The summed E-state index contributed by atoms with van der Waals surface area (Å²) in [6.45, 7) is 2.13. The molecule has 276 valence electrons. The van der Waals surface area contributed by atoms with Gasteiger partial charge in [0.15, 0.2) is 17.5 Å². The van der Waals surface area contributed by atoms with Crippen molar-refractivity contribution in [1.82, 2.24) is 0 Å². The second-order valence-electron chi connectivity index (χ2n) is 12.2. The van der Waals surface area contributed by atoms with Crippen molar-refractivity contribution in [2.45, 2.75) is 102 Å². The van der Waals surface area contributed by atoms with Gasteiger partial charge in [-0.3, -0.25) is 0 Å². The summed E-state index contributed by atoms with van der Waals surface area (Å²) in [6, 6.07) is 0.444. The molecule has 0 spiro atoms. The van der Waals surface area contributed by atoms with Gasteiger partial charge in [-0.25, -0.2) is 26.3 Å². The molecule has 1 aliphatic carbocycles. The van der Waals surface area contributed by atoms with Gasteiger partial charge in [0.05, 0.1) is 17.2 Å². The lowest BCUT2D eigenvalue weighted by atomic mass is 9.84. The third-order valence-corrected chi connectivity index (χ3v) is 8.45. The smallest absolute Gasteiger partial charge is 0.429 e. The van der Waals surface area contributed by atoms with Crippen molar-refractivity contribution in [3.05, 3.63) is 94.1 Å². The van der Waals surface area contributed by atoms with Crippen molar-refractivity contribution < 1.29 is 66.9 Å². The second kappa shape index (κ2) is 16.2. The van der Waals surface area contributed by atoms with Crippen LogP contribution in [0, 0.1) is 40.8 Å². The van der Waals surface area contributed by atoms with E-state index < -0.39 is 87.5 Å². The van der Waals surface area contributed by atoms with Crippen molar-refractivity contribution in [2.75, 3.05) is 0 Å². The van der Waals surface area contributed by atoms with E-state index in [1.165, 1.54) is 12.8 Å². The van der Waals surface area contributed by atoms with Crippen LogP contribution in [-0.4, -0.2) is 6.10 Å². The quantitative estimate of drug-likeness (QED) is 0.0834. The SMILES string of the molecule is CCCCCCCCC1CCC(OC(F)(F)c2ccc(C(F)(F)Oc3cc(F)c(C(F)(F)Oc4cc(F)c(F)c(F)c4)c(F)c3)c(F)c2)CC1. The van der Waals surface area contributed by atoms with Gasteiger partial charge in [-0.1, -0.05) is 51.9 Å². The maximum atomic E-state index is 14.9. The van der Waals surface area contributed by atoms with Crippen molar-refractivity contribution in [1.29, 1.82) is 0 Å². The molecule has 3 aromatic carbocycles. The third kappa shape index (κ3) is 9.79. The van der Waals surface area contributed by atoms with Crippen molar-refractivity contribution in [3.63, 3.8) is 0 Å². The summed E-state index contributed by atoms with van der Waals surface area (Å²) >= 11 is 0. The average molecular weight is 731 g/mol. The molecule has 0 unspecified atom stereocenters. The first-order valence-corrected chi connectivity index (χ1v) is 16.1. The van der Waals surface area contributed by atoms with Crippen LogP contribution >= 0.6 is 0 Å². The van der Waals surface area contributed by atoms with Crippen LogP contribution in [0.15, 0.2) is 42.5 Å². The number of benzene rings is 3. The summed E-state index contributed by atoms with van der Waals surface area (Å²) in [5.41, 5.74) is -4.91. The van der Waals surface area contributed by atoms with Crippen LogP contribution in [0.3, 0.4) is 0 Å². The number of ether oxygens (including phenoxy) is 3. The Morgan fingerprint density at radius 2 is 1.10 bits per heavy atom. The van der Waals surface area contributed by atoms with Gasteiger partial charge < -0.3 is 14.2 Å². The van der Waals surface area contributed by atoms with E-state index in [1.54, 1.807) is 0 Å². The van der Waals surface area contributed by atoms with Crippen LogP contribution in [0.1, 0.15) is 94.2 Å². The average Bonchev–Trinajstić information content (AvgIpc) is 3.01. The fourth-order valence-electron chi connectivity index (χ4n) is 5.84. The van der Waals surface area contributed by atoms with Crippen LogP contribution in [0.2, 0.25) is 0 Å². The van der Waals surface area contributed by atoms with E-state index in [1.807, 2.05) is 0 Å². The molecule has 1 aliphatic rings. The van der Waals surface area contributed by atoms with E-state index in [0.29, 0.717) is 37.7 Å². The minimum absolute atomic E-state index is 0.0370. The van der Waals surface area contributed by atoms with E-state index in [0.717, 1.165) is 32.1 Å². The zero-order chi connectivity index (χ0) is 36.9. The van der Waals surface area contributed by atoms with Crippen molar-refractivity contribution in [2.24, 2.45) is 5.92 Å². The van der Waals surface area contributed by atoms with Gasteiger partial charge in [-0.05, 0) is 49.8 Å². The number of halogens is 12. The standard InChI is InChI=1S/C35H34F12O3/c1-2-3-4-5-6-7-8-20-9-12-22(13-10-20)48-33(42,43)21-11-14-25(26(36)15-21)34(44,45)49-23-16-27(37)31(28(38)17-23)35(46,47)50-24-18-29(39)32(41)30(40)19-24/h11,14-20,22H,2-10,12-13H2,1H3. The minimum atomic E-state index is -5.02. The molecule has 50 heavy (non-hydrogen) atoms. The van der Waals surface area contributed by atoms with Crippen LogP contribution in [0.25, 0.3) is 0 Å². The highest BCUT2D eigenvalue weighted by Crippen LogP contribution is 2.42. The normalized spacial score (nSPS) is 17.2. The molecule has 0 aromatic heterocycles.